The number of amides is 5. The fourth-order valence-corrected chi connectivity index (χ4v) is 8.23. The number of aliphatic carboxylic acids is 1. The summed E-state index contributed by atoms with van der Waals surface area (Å²) >= 11 is 3.18. The molecule has 24 nitrogen and oxygen atoms in total. The van der Waals surface area contributed by atoms with E-state index in [0.717, 1.165) is 51.9 Å². The van der Waals surface area contributed by atoms with Crippen molar-refractivity contribution >= 4 is 87.0 Å². The molecule has 0 spiro atoms. The number of phenolic OH excluding ortho intramolecular Hbond substituents is 2. The van der Waals surface area contributed by atoms with E-state index in [1.165, 1.54) is 41.4 Å². The van der Waals surface area contributed by atoms with Crippen molar-refractivity contribution in [2.75, 3.05) is 17.2 Å². The van der Waals surface area contributed by atoms with Crippen LogP contribution < -0.4 is 27.4 Å². The Hall–Kier alpha value is -6.55. The first-order valence-corrected chi connectivity index (χ1v) is 19.2. The van der Waals surface area contributed by atoms with Gasteiger partial charge in [0, 0.05) is 22.4 Å². The van der Waals surface area contributed by atoms with Gasteiger partial charge in [0.25, 0.3) is 29.4 Å². The average Bonchev–Trinajstić information content (AvgIpc) is 3.84. The molecular formula is C31H30N12O12S3. The van der Waals surface area contributed by atoms with Gasteiger partial charge < -0.3 is 36.3 Å². The molecular weight excluding hydrogens is 829 g/mol. The van der Waals surface area contributed by atoms with Crippen molar-refractivity contribution in [1.29, 1.82) is 0 Å². The van der Waals surface area contributed by atoms with Gasteiger partial charge >= 0.3 is 11.9 Å². The van der Waals surface area contributed by atoms with Crippen molar-refractivity contribution in [1.82, 2.24) is 51.1 Å². The molecule has 2 aliphatic rings. The number of oxime groups is 1. The van der Waals surface area contributed by atoms with Crippen LogP contribution in [0.5, 0.6) is 11.5 Å². The van der Waals surface area contributed by atoms with Crippen molar-refractivity contribution in [2.45, 2.75) is 42.5 Å². The summed E-state index contributed by atoms with van der Waals surface area (Å²) < 4.78 is 1.17. The summed E-state index contributed by atoms with van der Waals surface area (Å²) in [4.78, 5) is 95.6. The number of hydrogen-bond acceptors (Lipinski definition) is 20. The van der Waals surface area contributed by atoms with Crippen LogP contribution in [0.3, 0.4) is 0 Å². The maximum absolute atomic E-state index is 13.7. The molecule has 58 heavy (non-hydrogen) atoms. The summed E-state index contributed by atoms with van der Waals surface area (Å²) in [6, 6.07) is 3.45. The predicted octanol–water partition coefficient (Wildman–Crippen LogP) is -1.32. The number of benzene rings is 1. The minimum Gasteiger partial charge on any atom is -0.504 e. The molecule has 0 radical (unpaired) electrons. The van der Waals surface area contributed by atoms with Crippen molar-refractivity contribution < 1.29 is 59.2 Å². The van der Waals surface area contributed by atoms with Crippen LogP contribution in [0.4, 0.5) is 5.13 Å². The lowest BCUT2D eigenvalue weighted by Gasteiger charge is -2.49. The molecule has 2 atom stereocenters. The number of nitrogen functional groups attached to an aromatic ring is 1. The summed E-state index contributed by atoms with van der Waals surface area (Å²) in [5.41, 5.74) is 9.11. The second-order valence-corrected chi connectivity index (χ2v) is 15.5. The predicted molar refractivity (Wildman–Crippen MR) is 200 cm³/mol. The lowest BCUT2D eigenvalue weighted by molar-refractivity contribution is -0.150. The third kappa shape index (κ3) is 8.27. The number of carboxylic acids is 1. The van der Waals surface area contributed by atoms with Gasteiger partial charge in [0.1, 0.15) is 27.8 Å². The van der Waals surface area contributed by atoms with Gasteiger partial charge in [-0.15, -0.1) is 40.0 Å². The molecule has 1 fully saturated rings. The molecule has 0 aliphatic carbocycles. The summed E-state index contributed by atoms with van der Waals surface area (Å²) in [6.45, 7) is 2.03. The Labute approximate surface area is 336 Å². The van der Waals surface area contributed by atoms with Gasteiger partial charge in [-0.25, -0.2) is 20.2 Å². The minimum atomic E-state index is -1.85. The number of hydrogen-bond donors (Lipinski definition) is 10. The number of nitrogens with one attached hydrogen (secondary N) is 4. The van der Waals surface area contributed by atoms with Crippen LogP contribution in [0, 0.1) is 0 Å². The summed E-state index contributed by atoms with van der Waals surface area (Å²) in [5, 5.41) is 59.3. The number of nitrogens with zero attached hydrogens (tertiary/aromatic N) is 7. The molecule has 3 aromatic heterocycles. The molecule has 304 valence electrons. The molecule has 11 N–H and O–H groups in total. The number of thiazole rings is 1. The second kappa shape index (κ2) is 16.5. The summed E-state index contributed by atoms with van der Waals surface area (Å²) in [5.74, 6) is -7.36. The van der Waals surface area contributed by atoms with Gasteiger partial charge in [-0.3, -0.25) is 44.9 Å². The van der Waals surface area contributed by atoms with E-state index in [-0.39, 0.29) is 45.1 Å². The normalized spacial score (nSPS) is 16.7. The Morgan fingerprint density at radius 2 is 1.84 bits per heavy atom. The molecule has 0 bridgehead atoms. The molecule has 27 heteroatoms. The number of carboxylic acid groups (broad SMARTS) is 1. The second-order valence-electron chi connectivity index (χ2n) is 12.5. The van der Waals surface area contributed by atoms with Gasteiger partial charge in [-0.05, 0) is 43.7 Å². The number of thioether (sulfide) groups is 2. The number of anilines is 1. The highest BCUT2D eigenvalue weighted by atomic mass is 32.2. The Bertz CT molecular complexity index is 2430. The van der Waals surface area contributed by atoms with E-state index in [1.807, 2.05) is 0 Å². The molecule has 5 amide bonds. The number of fused-ring (bicyclic) bond motifs is 2. The Kier molecular flexibility index (Phi) is 11.7. The largest absolute Gasteiger partial charge is 0.504 e. The number of aliphatic hydroxyl groups is 1. The number of phenols is 2. The fourth-order valence-electron chi connectivity index (χ4n) is 5.19. The van der Waals surface area contributed by atoms with Crippen molar-refractivity contribution in [3.8, 4) is 11.5 Å². The molecule has 1 aromatic carbocycles. The van der Waals surface area contributed by atoms with Crippen LogP contribution >= 0.6 is 34.9 Å². The number of β-lactam (4-membered cyclic amide) rings is 1. The third-order valence-corrected chi connectivity index (χ3v) is 11.2. The highest BCUT2D eigenvalue weighted by Gasteiger charge is 2.54. The van der Waals surface area contributed by atoms with Gasteiger partial charge in [0.15, 0.2) is 22.3 Å². The fraction of sp³-hybridized carbons (Fsp3) is 0.258. The molecule has 4 aromatic rings. The third-order valence-electron chi connectivity index (χ3n) is 8.15. The van der Waals surface area contributed by atoms with E-state index in [0.29, 0.717) is 10.6 Å². The van der Waals surface area contributed by atoms with Crippen LogP contribution in [0.1, 0.15) is 46.2 Å². The van der Waals surface area contributed by atoms with E-state index in [9.17, 15) is 49.2 Å². The van der Waals surface area contributed by atoms with Gasteiger partial charge in [0.05, 0.1) is 12.3 Å². The number of hydroxylamine groups is 1. The topological polar surface area (TPSA) is 359 Å². The van der Waals surface area contributed by atoms with E-state index in [2.05, 4.69) is 41.4 Å². The van der Waals surface area contributed by atoms with E-state index in [4.69, 9.17) is 15.8 Å². The summed E-state index contributed by atoms with van der Waals surface area (Å²) in [7, 11) is 0. The Morgan fingerprint density at radius 3 is 2.50 bits per heavy atom. The standard InChI is InChI=1S/C31H30N12O12S3/c1-31(2,28(53)38-37-22(47)11-3-4-15(45)16(46)5-11)55-41-18(14-10-58-29(32)34-14)23(48)35-19-25(50)42-20(27(51)52)12(9-57-26(19)42)8-56-17-6-13(7-44)33-30-36-21(24(49)40-54)39-43(17)30/h3-6,10,19,26,44-46,54H,7-9H2,1-2H3,(H2,32,34)(H,35,48)(H,37,47)(H,38,53)(H,40,49)(H,51,52)/t19-,26-/m1/s1. The monoisotopic (exact) mass is 858 g/mol. The number of nitrogens with two attached hydrogens (primary N) is 1. The van der Waals surface area contributed by atoms with Crippen LogP contribution in [0.15, 0.2) is 51.1 Å². The average molecular weight is 859 g/mol. The first-order chi connectivity index (χ1) is 27.5. The first-order valence-electron chi connectivity index (χ1n) is 16.3. The quantitative estimate of drug-likeness (QED) is 0.0142. The number of rotatable bonds is 13. The first kappa shape index (κ1) is 41.1. The zero-order valence-corrected chi connectivity index (χ0v) is 32.1. The number of carbonyl (C=O) groups is 6. The molecule has 0 unspecified atom stereocenters. The summed E-state index contributed by atoms with van der Waals surface area (Å²) in [6.07, 6.45) is 0. The number of aromatic nitrogens is 5. The number of carbonyl (C=O) groups excluding carboxylic acids is 5. The SMILES string of the molecule is CC(C)(ON=C(C(=O)N[C@@H]1C(=O)N2C(C(=O)O)=C(CSc3cc(CO)nc4nc(C(=O)NO)nn34)CS[C@H]12)c1csc(N)n1)C(=O)NNC(=O)c1ccc(O)c(O)c1. The number of aromatic hydroxyl groups is 2. The zero-order valence-electron chi connectivity index (χ0n) is 29.7. The maximum Gasteiger partial charge on any atom is 0.352 e. The smallest absolute Gasteiger partial charge is 0.352 e. The minimum absolute atomic E-state index is 0.000364. The van der Waals surface area contributed by atoms with Gasteiger partial charge in [-0.1, -0.05) is 5.16 Å². The highest BCUT2D eigenvalue weighted by Crippen LogP contribution is 2.42. The van der Waals surface area contributed by atoms with Crippen LogP contribution in [-0.4, -0.2) is 125 Å². The van der Waals surface area contributed by atoms with Crippen LogP contribution in [-0.2, 0) is 30.6 Å². The molecule has 6 rings (SSSR count). The zero-order chi connectivity index (χ0) is 42.1. The van der Waals surface area contributed by atoms with Crippen LogP contribution in [0.25, 0.3) is 5.78 Å². The van der Waals surface area contributed by atoms with Gasteiger partial charge in [-0.2, -0.15) is 9.50 Å². The number of hydrazine groups is 1. The lowest BCUT2D eigenvalue weighted by atomic mass is 10.0. The lowest BCUT2D eigenvalue weighted by Crippen LogP contribution is -2.71. The number of aliphatic hydroxyl groups excluding tert-OH is 1. The van der Waals surface area contributed by atoms with Crippen molar-refractivity contribution in [3.05, 3.63) is 63.7 Å². The van der Waals surface area contributed by atoms with Gasteiger partial charge in [0.2, 0.25) is 11.4 Å². The molecule has 5 heterocycles. The highest BCUT2D eigenvalue weighted by molar-refractivity contribution is 8.01. The molecule has 0 saturated carbocycles. The Balaban J connectivity index is 1.15. The van der Waals surface area contributed by atoms with Crippen LogP contribution in [0.2, 0.25) is 0 Å². The molecule has 1 saturated heterocycles. The van der Waals surface area contributed by atoms with Crippen molar-refractivity contribution in [2.24, 2.45) is 5.16 Å². The Morgan fingerprint density at radius 1 is 1.09 bits per heavy atom. The van der Waals surface area contributed by atoms with E-state index < -0.39 is 82.2 Å². The van der Waals surface area contributed by atoms with Crippen molar-refractivity contribution in [3.63, 3.8) is 0 Å². The molecule has 2 aliphatic heterocycles. The van der Waals surface area contributed by atoms with E-state index >= 15 is 0 Å². The maximum atomic E-state index is 13.7. The van der Waals surface area contributed by atoms with E-state index in [1.54, 1.807) is 0 Å².